The standard InChI is InChI=1S/C13H12FN3O3/c14-10-8-17(13(20)16-11(10)18)12(19)15-7-6-9-4-2-1-3-5-9/h1-5,8H,6-7H2,(H,15,19)(H,16,18,20). The Bertz CT molecular complexity index is 722. The van der Waals surface area contributed by atoms with E-state index < -0.39 is 23.1 Å². The van der Waals surface area contributed by atoms with E-state index in [-0.39, 0.29) is 6.54 Å². The van der Waals surface area contributed by atoms with Crippen LogP contribution >= 0.6 is 0 Å². The second-order valence-electron chi connectivity index (χ2n) is 4.07. The first-order valence-corrected chi connectivity index (χ1v) is 5.91. The minimum absolute atomic E-state index is 0.288. The quantitative estimate of drug-likeness (QED) is 0.855. The van der Waals surface area contributed by atoms with Crippen LogP contribution in [0.3, 0.4) is 0 Å². The van der Waals surface area contributed by atoms with Crippen LogP contribution in [0.2, 0.25) is 0 Å². The highest BCUT2D eigenvalue weighted by molar-refractivity contribution is 5.76. The molecule has 0 spiro atoms. The summed E-state index contributed by atoms with van der Waals surface area (Å²) in [5.41, 5.74) is -1.11. The molecule has 2 aromatic rings. The predicted molar refractivity (Wildman–Crippen MR) is 70.2 cm³/mol. The topological polar surface area (TPSA) is 84.0 Å². The van der Waals surface area contributed by atoms with Crippen LogP contribution in [0.25, 0.3) is 0 Å². The van der Waals surface area contributed by atoms with E-state index in [0.717, 1.165) is 5.56 Å². The van der Waals surface area contributed by atoms with Crippen LogP contribution in [0, 0.1) is 5.82 Å². The van der Waals surface area contributed by atoms with Crippen molar-refractivity contribution in [2.75, 3.05) is 6.54 Å². The van der Waals surface area contributed by atoms with Gasteiger partial charge in [0.25, 0.3) is 5.56 Å². The first kappa shape index (κ1) is 13.7. The first-order valence-electron chi connectivity index (χ1n) is 5.91. The van der Waals surface area contributed by atoms with Crippen molar-refractivity contribution >= 4 is 6.03 Å². The van der Waals surface area contributed by atoms with Crippen molar-refractivity contribution in [2.24, 2.45) is 0 Å². The average Bonchev–Trinajstić information content (AvgIpc) is 2.44. The SMILES string of the molecule is O=C(NCCc1ccccc1)n1cc(F)c(=O)[nH]c1=O. The Hall–Kier alpha value is -2.70. The zero-order chi connectivity index (χ0) is 14.5. The Balaban J connectivity index is 2.01. The number of carbonyl (C=O) groups is 1. The van der Waals surface area contributed by atoms with Crippen molar-refractivity contribution in [3.8, 4) is 0 Å². The number of aromatic amines is 1. The fourth-order valence-corrected chi connectivity index (χ4v) is 1.64. The monoisotopic (exact) mass is 277 g/mol. The van der Waals surface area contributed by atoms with Gasteiger partial charge in [0.15, 0.2) is 0 Å². The second-order valence-corrected chi connectivity index (χ2v) is 4.07. The fourth-order valence-electron chi connectivity index (χ4n) is 1.64. The van der Waals surface area contributed by atoms with Gasteiger partial charge in [-0.2, -0.15) is 4.39 Å². The van der Waals surface area contributed by atoms with Crippen molar-refractivity contribution in [2.45, 2.75) is 6.42 Å². The normalized spacial score (nSPS) is 10.2. The van der Waals surface area contributed by atoms with Crippen LogP contribution < -0.4 is 16.6 Å². The molecule has 1 aromatic carbocycles. The number of hydrogen-bond acceptors (Lipinski definition) is 3. The Morgan fingerprint density at radius 2 is 1.95 bits per heavy atom. The molecule has 1 amide bonds. The maximum Gasteiger partial charge on any atom is 0.336 e. The van der Waals surface area contributed by atoms with E-state index in [1.54, 1.807) is 4.98 Å². The summed E-state index contributed by atoms with van der Waals surface area (Å²) < 4.78 is 13.5. The predicted octanol–water partition coefficient (Wildman–Crippen LogP) is 0.476. The number of amides is 1. The van der Waals surface area contributed by atoms with Gasteiger partial charge < -0.3 is 5.32 Å². The van der Waals surface area contributed by atoms with Gasteiger partial charge in [-0.3, -0.25) is 9.78 Å². The third-order valence-corrected chi connectivity index (χ3v) is 2.65. The van der Waals surface area contributed by atoms with Crippen molar-refractivity contribution in [1.29, 1.82) is 0 Å². The van der Waals surface area contributed by atoms with E-state index >= 15 is 0 Å². The lowest BCUT2D eigenvalue weighted by molar-refractivity contribution is 0.241. The number of nitrogens with one attached hydrogen (secondary N) is 2. The van der Waals surface area contributed by atoms with Crippen LogP contribution in [0.5, 0.6) is 0 Å². The smallest absolute Gasteiger partial charge is 0.336 e. The van der Waals surface area contributed by atoms with Gasteiger partial charge in [-0.15, -0.1) is 0 Å². The van der Waals surface area contributed by atoms with Crippen LogP contribution in [0.1, 0.15) is 5.56 Å². The first-order chi connectivity index (χ1) is 9.58. The van der Waals surface area contributed by atoms with Crippen molar-refractivity contribution in [1.82, 2.24) is 14.9 Å². The number of carbonyl (C=O) groups excluding carboxylic acids is 1. The molecule has 104 valence electrons. The molecule has 1 heterocycles. The van der Waals surface area contributed by atoms with Crippen molar-refractivity contribution in [3.05, 3.63) is 68.7 Å². The molecule has 7 heteroatoms. The highest BCUT2D eigenvalue weighted by atomic mass is 19.1. The molecular formula is C13H12FN3O3. The zero-order valence-electron chi connectivity index (χ0n) is 10.4. The molecule has 0 saturated heterocycles. The molecule has 2 rings (SSSR count). The van der Waals surface area contributed by atoms with Crippen LogP contribution in [-0.4, -0.2) is 22.1 Å². The van der Waals surface area contributed by atoms with E-state index in [4.69, 9.17) is 0 Å². The molecule has 0 fully saturated rings. The largest absolute Gasteiger partial charge is 0.337 e. The maximum atomic E-state index is 13.0. The molecule has 20 heavy (non-hydrogen) atoms. The molecule has 0 aliphatic heterocycles. The van der Waals surface area contributed by atoms with Gasteiger partial charge in [-0.25, -0.2) is 14.2 Å². The van der Waals surface area contributed by atoms with Crippen LogP contribution in [-0.2, 0) is 6.42 Å². The molecule has 0 bridgehead atoms. The Morgan fingerprint density at radius 3 is 2.65 bits per heavy atom. The molecule has 0 radical (unpaired) electrons. The summed E-state index contributed by atoms with van der Waals surface area (Å²) in [5, 5.41) is 2.47. The lowest BCUT2D eigenvalue weighted by Crippen LogP contribution is -2.41. The molecule has 2 N–H and O–H groups in total. The molecule has 0 unspecified atom stereocenters. The van der Waals surface area contributed by atoms with Gasteiger partial charge in [-0.1, -0.05) is 30.3 Å². The van der Waals surface area contributed by atoms with E-state index in [1.165, 1.54) is 0 Å². The number of halogens is 1. The minimum Gasteiger partial charge on any atom is -0.337 e. The van der Waals surface area contributed by atoms with Gasteiger partial charge in [0, 0.05) is 6.54 Å². The van der Waals surface area contributed by atoms with Crippen LogP contribution in [0.15, 0.2) is 46.1 Å². The lowest BCUT2D eigenvalue weighted by atomic mass is 10.1. The average molecular weight is 277 g/mol. The third kappa shape index (κ3) is 3.19. The number of hydrogen-bond donors (Lipinski definition) is 2. The van der Waals surface area contributed by atoms with E-state index in [9.17, 15) is 18.8 Å². The molecule has 0 aliphatic carbocycles. The van der Waals surface area contributed by atoms with E-state index in [0.29, 0.717) is 17.2 Å². The molecule has 0 atom stereocenters. The third-order valence-electron chi connectivity index (χ3n) is 2.65. The van der Waals surface area contributed by atoms with Gasteiger partial charge in [-0.05, 0) is 12.0 Å². The number of aromatic nitrogens is 2. The number of nitrogens with zero attached hydrogens (tertiary/aromatic N) is 1. The Labute approximate surface area is 112 Å². The molecule has 0 saturated carbocycles. The summed E-state index contributed by atoms with van der Waals surface area (Å²) in [5.74, 6) is -1.19. The summed E-state index contributed by atoms with van der Waals surface area (Å²) >= 11 is 0. The summed E-state index contributed by atoms with van der Waals surface area (Å²) in [6.45, 7) is 0.288. The summed E-state index contributed by atoms with van der Waals surface area (Å²) in [4.78, 5) is 35.6. The summed E-state index contributed by atoms with van der Waals surface area (Å²) in [7, 11) is 0. The van der Waals surface area contributed by atoms with Gasteiger partial charge in [0.1, 0.15) is 0 Å². The number of rotatable bonds is 3. The molecule has 1 aromatic heterocycles. The van der Waals surface area contributed by atoms with E-state index in [2.05, 4.69) is 5.32 Å². The molecular weight excluding hydrogens is 265 g/mol. The second kappa shape index (κ2) is 5.96. The fraction of sp³-hybridized carbons (Fsp3) is 0.154. The van der Waals surface area contributed by atoms with E-state index in [1.807, 2.05) is 30.3 Å². The van der Waals surface area contributed by atoms with Crippen molar-refractivity contribution in [3.63, 3.8) is 0 Å². The summed E-state index contributed by atoms with van der Waals surface area (Å²) in [6, 6.07) is 8.64. The molecule has 6 nitrogen and oxygen atoms in total. The summed E-state index contributed by atoms with van der Waals surface area (Å²) in [6.07, 6.45) is 1.15. The number of benzene rings is 1. The Morgan fingerprint density at radius 1 is 1.25 bits per heavy atom. The minimum atomic E-state index is -1.19. The number of H-pyrrole nitrogens is 1. The van der Waals surface area contributed by atoms with Crippen LogP contribution in [0.4, 0.5) is 9.18 Å². The highest BCUT2D eigenvalue weighted by Crippen LogP contribution is 1.98. The Kier molecular flexibility index (Phi) is 4.09. The molecule has 0 aliphatic rings. The van der Waals surface area contributed by atoms with Gasteiger partial charge in [0.2, 0.25) is 5.82 Å². The zero-order valence-corrected chi connectivity index (χ0v) is 10.4. The van der Waals surface area contributed by atoms with Crippen molar-refractivity contribution < 1.29 is 9.18 Å². The lowest BCUT2D eigenvalue weighted by Gasteiger charge is -2.06. The highest BCUT2D eigenvalue weighted by Gasteiger charge is 2.10. The van der Waals surface area contributed by atoms with Gasteiger partial charge in [0.05, 0.1) is 6.20 Å². The maximum absolute atomic E-state index is 13.0. The van der Waals surface area contributed by atoms with Gasteiger partial charge >= 0.3 is 11.7 Å².